The lowest BCUT2D eigenvalue weighted by Gasteiger charge is -2.44. The summed E-state index contributed by atoms with van der Waals surface area (Å²) in [4.78, 5) is 51.9. The molecule has 9 nitrogen and oxygen atoms in total. The highest BCUT2D eigenvalue weighted by atomic mass is 127. The maximum Gasteiger partial charge on any atom is 0.327 e. The van der Waals surface area contributed by atoms with Gasteiger partial charge in [0.05, 0.1) is 3.57 Å². The predicted molar refractivity (Wildman–Crippen MR) is 142 cm³/mol. The third-order valence-corrected chi connectivity index (χ3v) is 8.76. The first-order chi connectivity index (χ1) is 17.0. The molecule has 3 amide bonds. The number of carbonyl (C=O) groups is 4. The average molecular weight is 623 g/mol. The zero-order chi connectivity index (χ0) is 26.2. The molecule has 0 aliphatic carbocycles. The van der Waals surface area contributed by atoms with Crippen LogP contribution in [0.5, 0.6) is 5.75 Å². The number of aryl methyl sites for hydroxylation is 1. The highest BCUT2D eigenvalue weighted by molar-refractivity contribution is 14.1. The Balaban J connectivity index is 1.45. The number of carboxylic acid groups (broad SMARTS) is 1. The van der Waals surface area contributed by atoms with Gasteiger partial charge < -0.3 is 25.7 Å². The van der Waals surface area contributed by atoms with Gasteiger partial charge in [-0.15, -0.1) is 11.8 Å². The van der Waals surface area contributed by atoms with E-state index in [1.807, 2.05) is 22.6 Å². The Kier molecular flexibility index (Phi) is 7.51. The Labute approximate surface area is 226 Å². The zero-order valence-electron chi connectivity index (χ0n) is 19.6. The van der Waals surface area contributed by atoms with Crippen molar-refractivity contribution in [1.82, 2.24) is 15.5 Å². The number of hydrogen-bond donors (Lipinski definition) is 4. The molecule has 4 rings (SSSR count). The average Bonchev–Trinajstić information content (AvgIpc) is 3.10. The molecule has 4 N–H and O–H groups in total. The number of aromatic hydroxyl groups is 1. The third kappa shape index (κ3) is 5.17. The Morgan fingerprint density at radius 3 is 2.50 bits per heavy atom. The maximum absolute atomic E-state index is 13.3. The molecule has 0 saturated carbocycles. The second kappa shape index (κ2) is 10.3. The van der Waals surface area contributed by atoms with Crippen LogP contribution in [0.1, 0.15) is 37.4 Å². The fourth-order valence-corrected chi connectivity index (χ4v) is 6.73. The van der Waals surface area contributed by atoms with E-state index in [4.69, 9.17) is 0 Å². The molecule has 0 bridgehead atoms. The molecule has 0 spiro atoms. The van der Waals surface area contributed by atoms with Gasteiger partial charge in [0, 0.05) is 11.2 Å². The van der Waals surface area contributed by atoms with Crippen molar-refractivity contribution in [2.45, 2.75) is 54.9 Å². The fraction of sp³-hybridized carbons (Fsp3) is 0.360. The first-order valence-electron chi connectivity index (χ1n) is 11.3. The van der Waals surface area contributed by atoms with Crippen molar-refractivity contribution in [2.24, 2.45) is 0 Å². The number of nitrogens with zero attached hydrogens (tertiary/aromatic N) is 1. The number of phenols is 1. The zero-order valence-corrected chi connectivity index (χ0v) is 22.6. The second-order valence-corrected chi connectivity index (χ2v) is 12.2. The van der Waals surface area contributed by atoms with Crippen LogP contribution in [0, 0.1) is 3.57 Å². The molecule has 0 aromatic heterocycles. The van der Waals surface area contributed by atoms with Crippen LogP contribution in [0.3, 0.4) is 0 Å². The third-order valence-electron chi connectivity index (χ3n) is 6.33. The van der Waals surface area contributed by atoms with Crippen LogP contribution in [0.25, 0.3) is 0 Å². The molecule has 2 heterocycles. The number of phenolic OH excluding ortho intramolecular Hbond substituents is 1. The van der Waals surface area contributed by atoms with Crippen molar-refractivity contribution in [1.29, 1.82) is 0 Å². The molecule has 2 aliphatic rings. The van der Waals surface area contributed by atoms with Crippen LogP contribution in [-0.2, 0) is 25.6 Å². The van der Waals surface area contributed by atoms with E-state index < -0.39 is 46.0 Å². The number of fused-ring (bicyclic) bond motifs is 1. The molecule has 4 atom stereocenters. The summed E-state index contributed by atoms with van der Waals surface area (Å²) in [5.41, 5.74) is 1.44. The van der Waals surface area contributed by atoms with Gasteiger partial charge in [0.1, 0.15) is 29.2 Å². The molecule has 2 fully saturated rings. The summed E-state index contributed by atoms with van der Waals surface area (Å²) in [5, 5.41) is 24.3. The Morgan fingerprint density at radius 1 is 1.17 bits per heavy atom. The van der Waals surface area contributed by atoms with Gasteiger partial charge in [-0.05, 0) is 66.1 Å². The number of β-lactam (4-membered cyclic amide) rings is 1. The Hall–Kier alpha value is -2.80. The van der Waals surface area contributed by atoms with Gasteiger partial charge in [-0.1, -0.05) is 36.4 Å². The number of carbonyl (C=O) groups excluding carboxylic acids is 3. The van der Waals surface area contributed by atoms with Gasteiger partial charge in [0.2, 0.25) is 17.7 Å². The van der Waals surface area contributed by atoms with E-state index in [1.165, 1.54) is 16.7 Å². The number of aliphatic carboxylic acids is 1. The smallest absolute Gasteiger partial charge is 0.327 e. The summed E-state index contributed by atoms with van der Waals surface area (Å²) >= 11 is 3.35. The van der Waals surface area contributed by atoms with Gasteiger partial charge in [-0.25, -0.2) is 4.79 Å². The number of benzene rings is 2. The summed E-state index contributed by atoms with van der Waals surface area (Å²) < 4.78 is -0.0191. The van der Waals surface area contributed by atoms with Crippen molar-refractivity contribution >= 4 is 58.0 Å². The lowest BCUT2D eigenvalue weighted by Crippen LogP contribution is -2.71. The molecular formula is C25H26IN3O6S. The van der Waals surface area contributed by atoms with E-state index in [9.17, 15) is 29.4 Å². The van der Waals surface area contributed by atoms with E-state index in [-0.39, 0.29) is 18.1 Å². The minimum absolute atomic E-state index is 0.126. The molecule has 0 radical (unpaired) electrons. The largest absolute Gasteiger partial charge is 0.507 e. The normalized spacial score (nSPS) is 22.8. The lowest BCUT2D eigenvalue weighted by atomic mass is 9.95. The summed E-state index contributed by atoms with van der Waals surface area (Å²) in [6, 6.07) is 11.0. The minimum Gasteiger partial charge on any atom is -0.507 e. The monoisotopic (exact) mass is 623 g/mol. The van der Waals surface area contributed by atoms with E-state index in [0.29, 0.717) is 15.6 Å². The lowest BCUT2D eigenvalue weighted by molar-refractivity contribution is -0.161. The molecule has 2 saturated heterocycles. The van der Waals surface area contributed by atoms with Crippen LogP contribution < -0.4 is 10.6 Å². The van der Waals surface area contributed by atoms with E-state index in [0.717, 1.165) is 5.56 Å². The molecule has 190 valence electrons. The highest BCUT2D eigenvalue weighted by Crippen LogP contribution is 2.50. The minimum atomic E-state index is -1.08. The number of carboxylic acids is 1. The van der Waals surface area contributed by atoms with Crippen molar-refractivity contribution < 1.29 is 29.4 Å². The Bertz CT molecular complexity index is 1210. The standard InChI is InChI=1S/C25H26IN3O6S/c1-25(2)20(24(34)35)29-22(33)19(23(29)36-25)28-21(32)18(14-6-4-3-5-7-14)27-17(31)11-9-13-8-10-16(30)15(26)12-13/h3-8,10,12,18-20,23,30H,9,11H2,1-2H3,(H,27,31)(H,28,32)(H,34,35)/t18-,19-,20+,23-/m1/s1. The van der Waals surface area contributed by atoms with Crippen LogP contribution >= 0.6 is 34.4 Å². The first kappa shape index (κ1) is 26.3. The van der Waals surface area contributed by atoms with E-state index in [2.05, 4.69) is 10.6 Å². The maximum atomic E-state index is 13.3. The van der Waals surface area contributed by atoms with Gasteiger partial charge in [-0.2, -0.15) is 0 Å². The molecule has 2 aromatic rings. The second-order valence-electron chi connectivity index (χ2n) is 9.28. The van der Waals surface area contributed by atoms with Crippen molar-refractivity contribution in [3.8, 4) is 5.75 Å². The van der Waals surface area contributed by atoms with Crippen molar-refractivity contribution in [3.05, 3.63) is 63.2 Å². The van der Waals surface area contributed by atoms with Gasteiger partial charge >= 0.3 is 5.97 Å². The number of nitrogens with one attached hydrogen (secondary N) is 2. The highest BCUT2D eigenvalue weighted by Gasteiger charge is 2.64. The first-order valence-corrected chi connectivity index (χ1v) is 13.3. The number of hydrogen-bond acceptors (Lipinski definition) is 6. The van der Waals surface area contributed by atoms with Crippen LogP contribution in [-0.4, -0.2) is 61.0 Å². The summed E-state index contributed by atoms with van der Waals surface area (Å²) in [7, 11) is 0. The molecular weight excluding hydrogens is 597 g/mol. The quantitative estimate of drug-likeness (QED) is 0.262. The number of halogens is 1. The Morgan fingerprint density at radius 2 is 1.86 bits per heavy atom. The van der Waals surface area contributed by atoms with Crippen molar-refractivity contribution in [3.63, 3.8) is 0 Å². The topological polar surface area (TPSA) is 136 Å². The fourth-order valence-electron chi connectivity index (χ4n) is 4.52. The van der Waals surface area contributed by atoms with Crippen molar-refractivity contribution in [2.75, 3.05) is 0 Å². The number of rotatable bonds is 8. The van der Waals surface area contributed by atoms with E-state index in [1.54, 1.807) is 62.4 Å². The molecule has 11 heteroatoms. The molecule has 0 unspecified atom stereocenters. The van der Waals surface area contributed by atoms with Crippen LogP contribution in [0.2, 0.25) is 0 Å². The van der Waals surface area contributed by atoms with Crippen LogP contribution in [0.4, 0.5) is 0 Å². The van der Waals surface area contributed by atoms with Gasteiger partial charge in [0.15, 0.2) is 0 Å². The summed E-state index contributed by atoms with van der Waals surface area (Å²) in [5.74, 6) is -2.23. The summed E-state index contributed by atoms with van der Waals surface area (Å²) in [6.07, 6.45) is 0.548. The molecule has 2 aromatic carbocycles. The molecule has 36 heavy (non-hydrogen) atoms. The predicted octanol–water partition coefficient (Wildman–Crippen LogP) is 2.42. The van der Waals surface area contributed by atoms with Gasteiger partial charge in [-0.3, -0.25) is 14.4 Å². The van der Waals surface area contributed by atoms with Crippen LogP contribution in [0.15, 0.2) is 48.5 Å². The van der Waals surface area contributed by atoms with Gasteiger partial charge in [0.25, 0.3) is 0 Å². The summed E-state index contributed by atoms with van der Waals surface area (Å²) in [6.45, 7) is 3.53. The SMILES string of the molecule is CC1(C)S[C@@H]2[C@H](NC(=O)[C@H](NC(=O)CCc3ccc(O)c(I)c3)c3ccccc3)C(=O)N2[C@H]1C(=O)O. The number of thioether (sulfide) groups is 1. The van der Waals surface area contributed by atoms with E-state index >= 15 is 0 Å². The number of amides is 3. The molecule has 2 aliphatic heterocycles.